The molecule has 0 spiro atoms. The van der Waals surface area contributed by atoms with Crippen LogP contribution in [-0.2, 0) is 6.54 Å². The van der Waals surface area contributed by atoms with E-state index >= 15 is 0 Å². The highest BCUT2D eigenvalue weighted by Gasteiger charge is 2.22. The number of phenolic OH excluding ortho intramolecular Hbond substituents is 1. The van der Waals surface area contributed by atoms with Crippen LogP contribution in [0.3, 0.4) is 0 Å². The first-order valence-electron chi connectivity index (χ1n) is 8.74. The van der Waals surface area contributed by atoms with Crippen LogP contribution in [0.15, 0.2) is 60.7 Å². The Hall–Kier alpha value is -2.59. The molecule has 0 aromatic heterocycles. The third-order valence-corrected chi connectivity index (χ3v) is 5.10. The van der Waals surface area contributed by atoms with Gasteiger partial charge >= 0.3 is 0 Å². The van der Waals surface area contributed by atoms with Crippen molar-refractivity contribution in [2.75, 3.05) is 31.1 Å². The van der Waals surface area contributed by atoms with E-state index in [0.717, 1.165) is 49.4 Å². The highest BCUT2D eigenvalue weighted by Crippen LogP contribution is 2.26. The second-order valence-corrected chi connectivity index (χ2v) is 6.67. The molecule has 1 fully saturated rings. The fourth-order valence-corrected chi connectivity index (χ4v) is 3.67. The summed E-state index contributed by atoms with van der Waals surface area (Å²) >= 11 is 0. The number of fused-ring (bicyclic) bond motifs is 1. The number of hydrogen-bond donors (Lipinski definition) is 2. The molecule has 4 heteroatoms. The molecule has 4 rings (SSSR count). The zero-order chi connectivity index (χ0) is 17.2. The lowest BCUT2D eigenvalue weighted by molar-refractivity contribution is -0.914. The van der Waals surface area contributed by atoms with E-state index in [1.54, 1.807) is 6.07 Å². The molecule has 0 unspecified atom stereocenters. The minimum absolute atomic E-state index is 0.195. The SMILES string of the molecule is Oc1ccc2ccccc2c1C[NH+]1CCN(c2ccc(F)cc2)CC1. The first-order chi connectivity index (χ1) is 12.2. The van der Waals surface area contributed by atoms with Crippen LogP contribution in [0, 0.1) is 5.82 Å². The molecule has 3 nitrogen and oxygen atoms in total. The van der Waals surface area contributed by atoms with Gasteiger partial charge in [-0.15, -0.1) is 0 Å². The molecule has 1 saturated heterocycles. The third kappa shape index (κ3) is 3.30. The standard InChI is InChI=1S/C21H21FN2O/c22-17-6-8-18(9-7-17)24-13-11-23(12-14-24)15-20-19-4-2-1-3-16(19)5-10-21(20)25/h1-10,25H,11-15H2/p+1. The van der Waals surface area contributed by atoms with E-state index in [4.69, 9.17) is 0 Å². The molecule has 1 aliphatic rings. The van der Waals surface area contributed by atoms with E-state index in [9.17, 15) is 9.50 Å². The number of anilines is 1. The molecule has 128 valence electrons. The van der Waals surface area contributed by atoms with E-state index in [0.29, 0.717) is 5.75 Å². The van der Waals surface area contributed by atoms with Crippen molar-refractivity contribution in [2.45, 2.75) is 6.54 Å². The number of nitrogens with zero attached hydrogens (tertiary/aromatic N) is 1. The number of piperazine rings is 1. The molecule has 0 aliphatic carbocycles. The molecule has 0 amide bonds. The molecule has 0 radical (unpaired) electrons. The number of benzene rings is 3. The zero-order valence-corrected chi connectivity index (χ0v) is 14.1. The molecule has 3 aromatic carbocycles. The van der Waals surface area contributed by atoms with E-state index in [-0.39, 0.29) is 5.82 Å². The molecule has 3 aromatic rings. The van der Waals surface area contributed by atoms with Gasteiger partial charge in [0, 0.05) is 5.69 Å². The number of nitrogens with one attached hydrogen (secondary N) is 1. The van der Waals surface area contributed by atoms with E-state index in [1.807, 2.05) is 30.3 Å². The van der Waals surface area contributed by atoms with E-state index in [1.165, 1.54) is 22.4 Å². The lowest BCUT2D eigenvalue weighted by Crippen LogP contribution is -3.13. The average molecular weight is 337 g/mol. The molecular weight excluding hydrogens is 315 g/mol. The number of phenols is 1. The summed E-state index contributed by atoms with van der Waals surface area (Å²) in [6.07, 6.45) is 0. The van der Waals surface area contributed by atoms with Gasteiger partial charge < -0.3 is 14.9 Å². The first kappa shape index (κ1) is 15.9. The lowest BCUT2D eigenvalue weighted by Gasteiger charge is -2.34. The number of aromatic hydroxyl groups is 1. The molecule has 1 heterocycles. The lowest BCUT2D eigenvalue weighted by atomic mass is 10.0. The molecule has 0 atom stereocenters. The van der Waals surface area contributed by atoms with Crippen molar-refractivity contribution in [3.05, 3.63) is 72.0 Å². The van der Waals surface area contributed by atoms with Crippen molar-refractivity contribution in [3.63, 3.8) is 0 Å². The Morgan fingerprint density at radius 1 is 0.920 bits per heavy atom. The van der Waals surface area contributed by atoms with Crippen LogP contribution < -0.4 is 9.80 Å². The summed E-state index contributed by atoms with van der Waals surface area (Å²) in [7, 11) is 0. The Labute approximate surface area is 146 Å². The van der Waals surface area contributed by atoms with Gasteiger partial charge in [-0.05, 0) is 41.1 Å². The van der Waals surface area contributed by atoms with E-state index < -0.39 is 0 Å². The molecule has 2 N–H and O–H groups in total. The Morgan fingerprint density at radius 3 is 2.40 bits per heavy atom. The normalized spacial score (nSPS) is 15.6. The number of rotatable bonds is 3. The zero-order valence-electron chi connectivity index (χ0n) is 14.1. The fourth-order valence-electron chi connectivity index (χ4n) is 3.67. The Balaban J connectivity index is 1.47. The number of halogens is 1. The van der Waals surface area contributed by atoms with Gasteiger partial charge in [-0.1, -0.05) is 30.3 Å². The van der Waals surface area contributed by atoms with Gasteiger partial charge in [0.15, 0.2) is 0 Å². The third-order valence-electron chi connectivity index (χ3n) is 5.10. The van der Waals surface area contributed by atoms with Crippen molar-refractivity contribution in [2.24, 2.45) is 0 Å². The maximum absolute atomic E-state index is 13.1. The minimum atomic E-state index is -0.195. The second-order valence-electron chi connectivity index (χ2n) is 6.67. The van der Waals surface area contributed by atoms with Gasteiger partial charge in [-0.25, -0.2) is 4.39 Å². The highest BCUT2D eigenvalue weighted by molar-refractivity contribution is 5.87. The summed E-state index contributed by atoms with van der Waals surface area (Å²) in [4.78, 5) is 3.76. The molecule has 1 aliphatic heterocycles. The molecule has 25 heavy (non-hydrogen) atoms. The summed E-state index contributed by atoms with van der Waals surface area (Å²) in [5, 5.41) is 12.6. The quantitative estimate of drug-likeness (QED) is 0.769. The predicted molar refractivity (Wildman–Crippen MR) is 98.6 cm³/mol. The predicted octanol–water partition coefficient (Wildman–Crippen LogP) is 2.59. The average Bonchev–Trinajstić information content (AvgIpc) is 2.65. The fraction of sp³-hybridized carbons (Fsp3) is 0.238. The maximum atomic E-state index is 13.1. The van der Waals surface area contributed by atoms with Gasteiger partial charge in [-0.2, -0.15) is 0 Å². The summed E-state index contributed by atoms with van der Waals surface area (Å²) in [5.41, 5.74) is 2.11. The molecule has 0 bridgehead atoms. The van der Waals surface area contributed by atoms with Crippen molar-refractivity contribution >= 4 is 16.5 Å². The van der Waals surface area contributed by atoms with Crippen LogP contribution in [0.2, 0.25) is 0 Å². The van der Waals surface area contributed by atoms with Gasteiger partial charge in [0.05, 0.1) is 31.7 Å². The van der Waals surface area contributed by atoms with Crippen LogP contribution in [0.5, 0.6) is 5.75 Å². The van der Waals surface area contributed by atoms with Crippen molar-refractivity contribution in [1.29, 1.82) is 0 Å². The molecular formula is C21H22FN2O+. The number of quaternary nitrogens is 1. The van der Waals surface area contributed by atoms with Gasteiger partial charge in [0.25, 0.3) is 0 Å². The monoisotopic (exact) mass is 337 g/mol. The molecule has 0 saturated carbocycles. The Morgan fingerprint density at radius 2 is 1.64 bits per heavy atom. The number of hydrogen-bond acceptors (Lipinski definition) is 2. The topological polar surface area (TPSA) is 27.9 Å². The van der Waals surface area contributed by atoms with Gasteiger partial charge in [0.1, 0.15) is 18.1 Å². The van der Waals surface area contributed by atoms with Crippen LogP contribution >= 0.6 is 0 Å². The Kier molecular flexibility index (Phi) is 4.28. The van der Waals surface area contributed by atoms with Gasteiger partial charge in [0.2, 0.25) is 0 Å². The summed E-state index contributed by atoms with van der Waals surface area (Å²) < 4.78 is 13.1. The van der Waals surface area contributed by atoms with Crippen molar-refractivity contribution in [1.82, 2.24) is 0 Å². The van der Waals surface area contributed by atoms with Gasteiger partial charge in [-0.3, -0.25) is 0 Å². The van der Waals surface area contributed by atoms with Crippen LogP contribution in [0.25, 0.3) is 10.8 Å². The van der Waals surface area contributed by atoms with E-state index in [2.05, 4.69) is 17.0 Å². The highest BCUT2D eigenvalue weighted by atomic mass is 19.1. The summed E-state index contributed by atoms with van der Waals surface area (Å²) in [6.45, 7) is 4.70. The van der Waals surface area contributed by atoms with Crippen LogP contribution in [0.1, 0.15) is 5.56 Å². The van der Waals surface area contributed by atoms with Crippen molar-refractivity contribution in [3.8, 4) is 5.75 Å². The smallest absolute Gasteiger partial charge is 0.125 e. The van der Waals surface area contributed by atoms with Crippen LogP contribution in [0.4, 0.5) is 10.1 Å². The second kappa shape index (κ2) is 6.73. The first-order valence-corrected chi connectivity index (χ1v) is 8.74. The van der Waals surface area contributed by atoms with Crippen LogP contribution in [-0.4, -0.2) is 31.3 Å². The van der Waals surface area contributed by atoms with Crippen molar-refractivity contribution < 1.29 is 14.4 Å². The maximum Gasteiger partial charge on any atom is 0.125 e. The Bertz CT molecular complexity index is 871. The summed E-state index contributed by atoms with van der Waals surface area (Å²) in [6, 6.07) is 18.7. The summed E-state index contributed by atoms with van der Waals surface area (Å²) in [5.74, 6) is 0.187. The minimum Gasteiger partial charge on any atom is -0.507 e. The largest absolute Gasteiger partial charge is 0.507 e.